The van der Waals surface area contributed by atoms with E-state index in [-0.39, 0.29) is 101 Å². The number of hydrogen-bond acceptors (Lipinski definition) is 22. The second-order valence-electron chi connectivity index (χ2n) is 30.2. The van der Waals surface area contributed by atoms with Crippen LogP contribution >= 0.6 is 7.82 Å². The molecule has 106 heavy (non-hydrogen) atoms. The van der Waals surface area contributed by atoms with Crippen LogP contribution in [-0.2, 0) is 73.4 Å². The van der Waals surface area contributed by atoms with Crippen molar-refractivity contribution in [3.63, 3.8) is 0 Å². The van der Waals surface area contributed by atoms with E-state index >= 15 is 0 Å². The predicted molar refractivity (Wildman–Crippen MR) is 382 cm³/mol. The van der Waals surface area contributed by atoms with Gasteiger partial charge in [0.05, 0.1) is 59.4 Å². The van der Waals surface area contributed by atoms with Crippen molar-refractivity contribution < 1.29 is 98.7 Å². The number of nitrogens with two attached hydrogens (primary N) is 6. The Labute approximate surface area is 621 Å². The molecule has 3 saturated heterocycles. The van der Waals surface area contributed by atoms with Crippen LogP contribution in [0.15, 0.2) is 89.6 Å². The van der Waals surface area contributed by atoms with Gasteiger partial charge in [-0.05, 0) is 126 Å². The van der Waals surface area contributed by atoms with E-state index in [1.165, 1.54) is 30.1 Å². The molecule has 0 spiro atoms. The molecule has 7 amide bonds. The van der Waals surface area contributed by atoms with Crippen LogP contribution in [-0.4, -0.2) is 171 Å². The quantitative estimate of drug-likeness (QED) is 0.0483. The summed E-state index contributed by atoms with van der Waals surface area (Å²) in [5.74, 6) is -7.85. The number of aliphatic imine (C=N–C) groups is 3. The molecule has 3 fully saturated rings. The van der Waals surface area contributed by atoms with Gasteiger partial charge in [-0.2, -0.15) is 5.70 Å². The second kappa shape index (κ2) is 32.1. The maximum atomic E-state index is 14.7. The first-order valence-electron chi connectivity index (χ1n) is 34.9. The van der Waals surface area contributed by atoms with E-state index in [9.17, 15) is 67.9 Å². The summed E-state index contributed by atoms with van der Waals surface area (Å²) in [5.41, 5.74) is 35.0. The van der Waals surface area contributed by atoms with E-state index in [1.54, 1.807) is 32.3 Å². The van der Waals surface area contributed by atoms with Gasteiger partial charge in [-0.3, -0.25) is 71.9 Å². The van der Waals surface area contributed by atoms with Gasteiger partial charge < -0.3 is 84.4 Å². The van der Waals surface area contributed by atoms with Gasteiger partial charge in [0.2, 0.25) is 41.4 Å². The number of allylic oxidation sites excluding steroid dienone is 6. The van der Waals surface area contributed by atoms with Crippen LogP contribution < -0.4 is 51.0 Å². The van der Waals surface area contributed by atoms with Crippen molar-refractivity contribution in [2.75, 3.05) is 19.8 Å². The predicted octanol–water partition coefficient (Wildman–Crippen LogP) is 1.73. The number of hydrogen-bond donors (Lipinski definition) is 13. The SMILES string of the molecule is C/C1=C2/[N-][C@H]([C@H](CC(N)=O)[C@@]2(C)CCC(=O)NCC(C)OP(=O)(O)O[C@H]2[C@@H](O)[C@@H](n3cnc4cc(C)c(C)cc43)O[C@@H]2CO)[C@]2(C)N=C(/C(C)=C3N=C(/C=C4N=C1[C@@H](CCC(N)=O)C\4(C)C)[C@@H](CCC(N)=O)[C@]\3(C)CC(N)=O)[C@@H](CCC(N)=O)[C@]2(C)C(N)=O.O=c1ccn([C@H]2C[C@H](O)[C@@H](CO)O2)c(=O)[nH]1.[Co]. The minimum Gasteiger partial charge on any atom is -0.682 e. The molecule has 2 unspecified atom stereocenters. The third-order valence-corrected chi connectivity index (χ3v) is 24.0. The van der Waals surface area contributed by atoms with Crippen LogP contribution in [0.4, 0.5) is 0 Å². The largest absolute Gasteiger partial charge is 0.682 e. The number of amides is 7. The minimum absolute atomic E-state index is 0. The Morgan fingerprint density at radius 3 is 1.97 bits per heavy atom. The van der Waals surface area contributed by atoms with E-state index in [2.05, 4.69) is 15.3 Å². The maximum absolute atomic E-state index is 14.7. The number of aryl methyl sites for hydroxylation is 2. The van der Waals surface area contributed by atoms with Crippen molar-refractivity contribution in [1.82, 2.24) is 24.4 Å². The van der Waals surface area contributed by atoms with Gasteiger partial charge in [-0.25, -0.2) is 14.3 Å². The van der Waals surface area contributed by atoms with Gasteiger partial charge in [0.1, 0.15) is 30.6 Å². The molecule has 9 heterocycles. The van der Waals surface area contributed by atoms with Gasteiger partial charge >= 0.3 is 13.5 Å². The zero-order valence-corrected chi connectivity index (χ0v) is 63.1. The molecule has 7 aliphatic heterocycles. The smallest absolute Gasteiger partial charge is 0.472 e. The molecular formula is C70H99CoN15O19P-. The standard InChI is InChI=1S/C61H88N13O14P.C9H12N2O5.Co/c1-28-20-38-39(21-29(28)2)74(27-69-38)55-50(82)51(40(26-75)86-55)88-89(84,85)87-30(3)25-68-47(81)18-19-58(8)36(22-45(65)79)54-61(11)60(10,56(67)83)35(14-17-44(64)78)49(73-61)32(5)53-59(9,24-46(66)80)33(12-15-42(62)76)37(70-53)23-41-57(6,7)34(13-16-43(63)77)48(71-41)31(4)52(58)72-54;12-4-6-5(13)3-8(16-6)11-2-1-7(14)10-9(11)15;/h20-21,23,27,30,33-36,40,50-51,54-55,75,82H,12-19,22,24-26H2,1-11H3,(H15,62,63,64,65,66,67,68,70,71,72,73,76,77,78,79,80,81,83,84,85);1-2,5-6,8,12-13H,3-4H2,(H,10,14,15);/p-1/t30?,33-,34-,35-,36+,40-,50-,51-,54-,55+,58-,59+,60-,61+;5-,6+,8+;/m10./s1. The number of aromatic nitrogens is 4. The molecule has 583 valence electrons. The number of carbonyl (C=O) groups is 7. The fourth-order valence-corrected chi connectivity index (χ4v) is 17.8. The fraction of sp³-hybridized carbons (Fsp3) is 0.614. The molecule has 10 rings (SSSR count). The number of carbonyl (C=O) groups excluding carboxylic acids is 7. The average Bonchev–Trinajstić information content (AvgIpc) is 1.52. The Balaban J connectivity index is 0.000000733. The molecule has 19 N–H and O–H groups in total. The molecule has 7 aliphatic rings. The maximum Gasteiger partial charge on any atom is 0.472 e. The van der Waals surface area contributed by atoms with Crippen LogP contribution in [0, 0.1) is 59.2 Å². The van der Waals surface area contributed by atoms with E-state index in [0.717, 1.165) is 11.1 Å². The van der Waals surface area contributed by atoms with Gasteiger partial charge in [-0.15, -0.1) is 0 Å². The molecule has 3 aromatic rings. The number of nitrogens with one attached hydrogen (secondary N) is 2. The zero-order chi connectivity index (χ0) is 77.7. The summed E-state index contributed by atoms with van der Waals surface area (Å²) in [6.07, 6.45) is -5.15. The summed E-state index contributed by atoms with van der Waals surface area (Å²) in [6.45, 7) is 18.3. The van der Waals surface area contributed by atoms with Crippen molar-refractivity contribution >= 4 is 77.3 Å². The Hall–Kier alpha value is -7.93. The van der Waals surface area contributed by atoms with Crippen LogP contribution in [0.1, 0.15) is 157 Å². The summed E-state index contributed by atoms with van der Waals surface area (Å²) < 4.78 is 38.7. The number of primary amides is 6. The molecule has 0 aliphatic carbocycles. The Kier molecular flexibility index (Phi) is 25.3. The van der Waals surface area contributed by atoms with Gasteiger partial charge in [0, 0.05) is 132 Å². The Morgan fingerprint density at radius 1 is 0.783 bits per heavy atom. The number of phosphoric acid groups is 1. The van der Waals surface area contributed by atoms with E-state index in [4.69, 9.17) is 78.3 Å². The first-order chi connectivity index (χ1) is 49.0. The summed E-state index contributed by atoms with van der Waals surface area (Å²) >= 11 is 0. The van der Waals surface area contributed by atoms with E-state index < -0.39 is 173 Å². The molecule has 18 atom stereocenters. The molecule has 1 radical (unpaired) electrons. The molecular weight excluding hydrogens is 1440 g/mol. The number of aliphatic hydroxyl groups excluding tert-OH is 4. The van der Waals surface area contributed by atoms with Gasteiger partial charge in [-0.1, -0.05) is 33.7 Å². The molecule has 34 nitrogen and oxygen atoms in total. The molecule has 2 aromatic heterocycles. The van der Waals surface area contributed by atoms with Crippen LogP contribution in [0.2, 0.25) is 0 Å². The van der Waals surface area contributed by atoms with Crippen molar-refractivity contribution in [2.45, 2.75) is 207 Å². The Morgan fingerprint density at radius 2 is 1.40 bits per heavy atom. The molecule has 8 bridgehead atoms. The van der Waals surface area contributed by atoms with Crippen LogP contribution in [0.25, 0.3) is 16.4 Å². The first kappa shape index (κ1) is 83.7. The average molecular weight is 1540 g/mol. The van der Waals surface area contributed by atoms with Crippen LogP contribution in [0.5, 0.6) is 0 Å². The fourth-order valence-electron chi connectivity index (χ4n) is 16.7. The van der Waals surface area contributed by atoms with E-state index in [0.29, 0.717) is 56.4 Å². The number of aromatic amines is 1. The summed E-state index contributed by atoms with van der Waals surface area (Å²) in [4.78, 5) is 150. The van der Waals surface area contributed by atoms with Gasteiger partial charge in [0.25, 0.3) is 5.56 Å². The summed E-state index contributed by atoms with van der Waals surface area (Å²) in [7, 11) is -5.07. The second-order valence-corrected chi connectivity index (χ2v) is 31.5. The third kappa shape index (κ3) is 16.3. The van der Waals surface area contributed by atoms with E-state index in [1.807, 2.05) is 59.8 Å². The van der Waals surface area contributed by atoms with Crippen molar-refractivity contribution in [2.24, 2.45) is 94.7 Å². The number of nitrogens with zero attached hydrogens (tertiary/aromatic N) is 7. The van der Waals surface area contributed by atoms with Crippen molar-refractivity contribution in [3.05, 3.63) is 102 Å². The van der Waals surface area contributed by atoms with Crippen molar-refractivity contribution in [1.29, 1.82) is 0 Å². The number of rotatable bonds is 27. The number of phosphoric ester groups is 1. The summed E-state index contributed by atoms with van der Waals surface area (Å²) in [5, 5.41) is 48.5. The molecule has 1 aromatic carbocycles. The van der Waals surface area contributed by atoms with Crippen molar-refractivity contribution in [3.8, 4) is 0 Å². The molecule has 36 heteroatoms. The number of aliphatic hydroxyl groups is 4. The number of imidazole rings is 1. The van der Waals surface area contributed by atoms with Gasteiger partial charge in [0.15, 0.2) is 6.23 Å². The first-order valence-corrected chi connectivity index (χ1v) is 36.4. The number of benzene rings is 1. The number of H-pyrrole nitrogens is 1. The monoisotopic (exact) mass is 1540 g/mol. The normalized spacial score (nSPS) is 33.4. The molecule has 0 saturated carbocycles. The third-order valence-electron chi connectivity index (χ3n) is 22.8. The topological polar surface area (TPSA) is 567 Å². The Bertz CT molecular complexity index is 4360. The number of fused-ring (bicyclic) bond motifs is 7. The minimum atomic E-state index is -5.07. The number of ether oxygens (including phenoxy) is 2. The zero-order valence-electron chi connectivity index (χ0n) is 61.2. The summed E-state index contributed by atoms with van der Waals surface area (Å²) in [6, 6.07) is 3.78. The van der Waals surface area contributed by atoms with Crippen LogP contribution in [0.3, 0.4) is 0 Å².